The fourth-order valence-electron chi connectivity index (χ4n) is 3.16. The Morgan fingerprint density at radius 3 is 2.55 bits per heavy atom. The zero-order valence-corrected chi connectivity index (χ0v) is 19.3. The third-order valence-electron chi connectivity index (χ3n) is 4.83. The fraction of sp³-hybridized carbons (Fsp3) is 0.200. The van der Waals surface area contributed by atoms with Crippen LogP contribution >= 0.6 is 23.2 Å². The summed E-state index contributed by atoms with van der Waals surface area (Å²) in [5, 5.41) is 10.0. The Hall–Kier alpha value is -2.60. The van der Waals surface area contributed by atoms with E-state index in [4.69, 9.17) is 23.2 Å². The number of rotatable bonds is 5. The molecular weight excluding hydrogens is 506 g/mol. The van der Waals surface area contributed by atoms with Crippen molar-refractivity contribution in [1.82, 2.24) is 10.0 Å². The predicted molar refractivity (Wildman–Crippen MR) is 116 cm³/mol. The molecule has 0 amide bonds. The van der Waals surface area contributed by atoms with Crippen LogP contribution in [0.15, 0.2) is 58.8 Å². The Kier molecular flexibility index (Phi) is 6.81. The van der Waals surface area contributed by atoms with E-state index in [0.29, 0.717) is 11.6 Å². The number of pyridine rings is 1. The summed E-state index contributed by atoms with van der Waals surface area (Å²) in [6.45, 7) is 3.17. The Morgan fingerprint density at radius 1 is 1.24 bits per heavy atom. The zero-order chi connectivity index (χ0) is 24.7. The van der Waals surface area contributed by atoms with Crippen molar-refractivity contribution in [1.29, 1.82) is 0 Å². The number of ketones is 1. The molecule has 0 saturated carbocycles. The topological polar surface area (TPSA) is 99.6 Å². The van der Waals surface area contributed by atoms with Gasteiger partial charge in [0.15, 0.2) is 0 Å². The number of hydrogen-bond acceptors (Lipinski definition) is 6. The van der Waals surface area contributed by atoms with Crippen LogP contribution in [0.3, 0.4) is 0 Å². The van der Waals surface area contributed by atoms with Gasteiger partial charge in [-0.05, 0) is 49.8 Å². The van der Waals surface area contributed by atoms with Crippen molar-refractivity contribution in [3.05, 3.63) is 75.2 Å². The van der Waals surface area contributed by atoms with E-state index in [0.717, 1.165) is 29.5 Å². The normalized spacial score (nSPS) is 16.8. The first-order valence-corrected chi connectivity index (χ1v) is 11.4. The number of benzene rings is 1. The number of Topliss-reactive ketones (excluding diaryl/α,β-unsaturated/α-hetero) is 1. The Balaban J connectivity index is 2.06. The molecule has 176 valence electrons. The first-order chi connectivity index (χ1) is 15.2. The van der Waals surface area contributed by atoms with Crippen LogP contribution in [0.1, 0.15) is 29.9 Å². The Morgan fingerprint density at radius 2 is 1.91 bits per heavy atom. The quantitative estimate of drug-likeness (QED) is 0.517. The molecule has 1 aromatic carbocycles. The SMILES string of the molecule is CC1=C(C(=O)c2ncc(Cl)cc2NS(=O)(=O)c2ccc(Cl)c(C(F)(F)F)c2)C(C)N(O)C=C1. The largest absolute Gasteiger partial charge is 0.417 e. The molecule has 0 aliphatic carbocycles. The molecule has 1 atom stereocenters. The lowest BCUT2D eigenvalue weighted by Crippen LogP contribution is -2.33. The maximum absolute atomic E-state index is 13.2. The summed E-state index contributed by atoms with van der Waals surface area (Å²) < 4.78 is 67.3. The van der Waals surface area contributed by atoms with Crippen molar-refractivity contribution in [2.75, 3.05) is 4.72 Å². The highest BCUT2D eigenvalue weighted by Gasteiger charge is 2.35. The van der Waals surface area contributed by atoms with Gasteiger partial charge in [-0.15, -0.1) is 0 Å². The van der Waals surface area contributed by atoms with Crippen molar-refractivity contribution >= 4 is 44.7 Å². The van der Waals surface area contributed by atoms with Gasteiger partial charge >= 0.3 is 6.18 Å². The molecule has 2 N–H and O–H groups in total. The van der Waals surface area contributed by atoms with Gasteiger partial charge in [0.05, 0.1) is 32.2 Å². The van der Waals surface area contributed by atoms with Crippen LogP contribution in [0.25, 0.3) is 0 Å². The van der Waals surface area contributed by atoms with Crippen molar-refractivity contribution in [2.45, 2.75) is 31.0 Å². The number of halogens is 5. The molecule has 0 fully saturated rings. The molecule has 1 unspecified atom stereocenters. The van der Waals surface area contributed by atoms with Gasteiger partial charge < -0.3 is 0 Å². The summed E-state index contributed by atoms with van der Waals surface area (Å²) in [6, 6.07) is 2.42. The van der Waals surface area contributed by atoms with E-state index < -0.39 is 43.5 Å². The lowest BCUT2D eigenvalue weighted by molar-refractivity contribution is -0.137. The number of sulfonamides is 1. The number of carbonyl (C=O) groups is 1. The number of nitrogens with zero attached hydrogens (tertiary/aromatic N) is 2. The number of hydrogen-bond donors (Lipinski definition) is 2. The molecule has 0 spiro atoms. The summed E-state index contributed by atoms with van der Waals surface area (Å²) in [6.07, 6.45) is -0.924. The van der Waals surface area contributed by atoms with E-state index in [1.165, 1.54) is 12.3 Å². The molecular formula is C20H16Cl2F3N3O4S. The maximum Gasteiger partial charge on any atom is 0.417 e. The van der Waals surface area contributed by atoms with Crippen molar-refractivity contribution in [3.8, 4) is 0 Å². The molecule has 13 heteroatoms. The van der Waals surface area contributed by atoms with Crippen molar-refractivity contribution in [2.24, 2.45) is 0 Å². The lowest BCUT2D eigenvalue weighted by atomic mass is 9.93. The van der Waals surface area contributed by atoms with Gasteiger partial charge in [0, 0.05) is 18.0 Å². The summed E-state index contributed by atoms with van der Waals surface area (Å²) >= 11 is 11.5. The molecule has 3 rings (SSSR count). The van der Waals surface area contributed by atoms with E-state index in [2.05, 4.69) is 9.71 Å². The smallest absolute Gasteiger partial charge is 0.288 e. The van der Waals surface area contributed by atoms with Crippen LogP contribution in [-0.4, -0.2) is 35.5 Å². The minimum absolute atomic E-state index is 0.0255. The fourth-order valence-corrected chi connectivity index (χ4v) is 4.62. The zero-order valence-electron chi connectivity index (χ0n) is 17.0. The van der Waals surface area contributed by atoms with Crippen LogP contribution in [0.2, 0.25) is 10.0 Å². The number of alkyl halides is 3. The van der Waals surface area contributed by atoms with Crippen LogP contribution in [0, 0.1) is 0 Å². The van der Waals surface area contributed by atoms with Crippen LogP contribution in [0.5, 0.6) is 0 Å². The number of nitrogens with one attached hydrogen (secondary N) is 1. The predicted octanol–water partition coefficient (Wildman–Crippen LogP) is 5.31. The molecule has 1 aliphatic rings. The summed E-state index contributed by atoms with van der Waals surface area (Å²) in [4.78, 5) is 16.4. The first kappa shape index (κ1) is 25.0. The Bertz CT molecular complexity index is 1290. The van der Waals surface area contributed by atoms with E-state index in [1.807, 2.05) is 0 Å². The van der Waals surface area contributed by atoms with Crippen LogP contribution in [-0.2, 0) is 16.2 Å². The van der Waals surface area contributed by atoms with Gasteiger partial charge in [-0.1, -0.05) is 23.2 Å². The number of carbonyl (C=O) groups excluding carboxylic acids is 1. The highest BCUT2D eigenvalue weighted by atomic mass is 35.5. The summed E-state index contributed by atoms with van der Waals surface area (Å²) in [5.74, 6) is -0.704. The summed E-state index contributed by atoms with van der Waals surface area (Å²) in [5.41, 5.74) is -1.38. The summed E-state index contributed by atoms with van der Waals surface area (Å²) in [7, 11) is -4.60. The van der Waals surface area contributed by atoms with Crippen molar-refractivity contribution < 1.29 is 31.6 Å². The minimum Gasteiger partial charge on any atom is -0.288 e. The second-order valence-electron chi connectivity index (χ2n) is 7.09. The molecule has 1 aliphatic heterocycles. The monoisotopic (exact) mass is 521 g/mol. The third kappa shape index (κ3) is 5.16. The highest BCUT2D eigenvalue weighted by molar-refractivity contribution is 7.92. The van der Waals surface area contributed by atoms with Gasteiger partial charge in [0.1, 0.15) is 5.69 Å². The molecule has 33 heavy (non-hydrogen) atoms. The number of hydroxylamine groups is 2. The van der Waals surface area contributed by atoms with Gasteiger partial charge in [-0.25, -0.2) is 13.4 Å². The first-order valence-electron chi connectivity index (χ1n) is 9.18. The standard InChI is InChI=1S/C20H16Cl2F3N3O4S/c1-10-5-6-28(30)11(2)17(10)19(29)18-16(7-12(21)9-26-18)27-33(31,32)13-3-4-15(22)14(8-13)20(23,24)25/h3-9,11,27,30H,1-2H3. The Labute approximate surface area is 197 Å². The maximum atomic E-state index is 13.2. The molecule has 0 saturated heterocycles. The van der Waals surface area contributed by atoms with E-state index >= 15 is 0 Å². The highest BCUT2D eigenvalue weighted by Crippen LogP contribution is 2.36. The second-order valence-corrected chi connectivity index (χ2v) is 9.62. The number of anilines is 1. The molecule has 2 aromatic rings. The molecule has 1 aromatic heterocycles. The van der Waals surface area contributed by atoms with Gasteiger partial charge in [0.25, 0.3) is 10.0 Å². The number of allylic oxidation sites excluding steroid dienone is 2. The van der Waals surface area contributed by atoms with E-state index in [-0.39, 0.29) is 22.0 Å². The van der Waals surface area contributed by atoms with Crippen LogP contribution in [0.4, 0.5) is 18.9 Å². The molecule has 0 radical (unpaired) electrons. The van der Waals surface area contributed by atoms with E-state index in [9.17, 15) is 31.6 Å². The van der Waals surface area contributed by atoms with Gasteiger partial charge in [-0.3, -0.25) is 19.8 Å². The molecule has 0 bridgehead atoms. The van der Waals surface area contributed by atoms with Gasteiger partial charge in [-0.2, -0.15) is 13.2 Å². The lowest BCUT2D eigenvalue weighted by Gasteiger charge is -2.27. The minimum atomic E-state index is -4.88. The average Bonchev–Trinajstić information content (AvgIpc) is 2.70. The van der Waals surface area contributed by atoms with Gasteiger partial charge in [0.2, 0.25) is 5.78 Å². The molecule has 7 nitrogen and oxygen atoms in total. The second kappa shape index (κ2) is 8.98. The number of aromatic nitrogens is 1. The third-order valence-corrected chi connectivity index (χ3v) is 6.73. The van der Waals surface area contributed by atoms with E-state index in [1.54, 1.807) is 13.8 Å². The average molecular weight is 522 g/mol. The molecule has 2 heterocycles. The van der Waals surface area contributed by atoms with Crippen LogP contribution < -0.4 is 4.72 Å². The van der Waals surface area contributed by atoms with Crippen molar-refractivity contribution in [3.63, 3.8) is 0 Å².